The topological polar surface area (TPSA) is 33.0 Å². The number of thiophene rings is 1. The third-order valence-electron chi connectivity index (χ3n) is 3.00. The van der Waals surface area contributed by atoms with Crippen molar-refractivity contribution in [2.24, 2.45) is 0 Å². The van der Waals surface area contributed by atoms with E-state index in [-0.39, 0.29) is 5.78 Å². The maximum atomic E-state index is 12.9. The fraction of sp³-hybridized carbons (Fsp3) is 0.188. The lowest BCUT2D eigenvalue weighted by atomic mass is 10.1. The minimum atomic E-state index is -0.593. The first-order valence-electron chi connectivity index (χ1n) is 6.68. The predicted octanol–water partition coefficient (Wildman–Crippen LogP) is 3.52. The molecule has 1 N–H and O–H groups in total. The van der Waals surface area contributed by atoms with Crippen LogP contribution in [0.25, 0.3) is 0 Å². The minimum Gasteiger partial charge on any atom is -0.370 e. The number of aryl methyl sites for hydroxylation is 1. The van der Waals surface area contributed by atoms with Crippen molar-refractivity contribution < 1.29 is 9.36 Å². The number of aromatic nitrogens is 1. The van der Waals surface area contributed by atoms with Crippen molar-refractivity contribution >= 4 is 45.9 Å². The van der Waals surface area contributed by atoms with Gasteiger partial charge in [0, 0.05) is 18.2 Å². The quantitative estimate of drug-likeness (QED) is 0.374. The molecule has 0 saturated heterocycles. The Balaban J connectivity index is 2.38. The highest BCUT2D eigenvalue weighted by Gasteiger charge is 2.33. The van der Waals surface area contributed by atoms with Crippen LogP contribution in [0.2, 0.25) is 4.34 Å². The van der Waals surface area contributed by atoms with Gasteiger partial charge in [0.15, 0.2) is 17.4 Å². The van der Waals surface area contributed by atoms with Crippen LogP contribution in [-0.2, 0) is 0 Å². The van der Waals surface area contributed by atoms with Gasteiger partial charge in [-0.3, -0.25) is 4.79 Å². The van der Waals surface area contributed by atoms with E-state index >= 15 is 0 Å². The number of halogens is 1. The Morgan fingerprint density at radius 1 is 1.55 bits per heavy atom. The van der Waals surface area contributed by atoms with Crippen LogP contribution in [0, 0.1) is 6.92 Å². The lowest BCUT2D eigenvalue weighted by Gasteiger charge is -2.13. The standard InChI is InChI=1S/C16H15ClN2OS2/c1-3-8-18-16(21)14(19-9-4-5-11(2)10-19)15(20)12-6-7-13(17)22-12/h3-7,9-10,14H,1,8H2,2H3/p+1/t14-/m1/s1. The number of pyridine rings is 1. The molecule has 0 aliphatic carbocycles. The molecule has 2 aromatic heterocycles. The normalized spacial score (nSPS) is 11.7. The first-order chi connectivity index (χ1) is 10.5. The summed E-state index contributed by atoms with van der Waals surface area (Å²) < 4.78 is 2.41. The molecular weight excluding hydrogens is 336 g/mol. The van der Waals surface area contributed by atoms with Gasteiger partial charge in [-0.25, -0.2) is 0 Å². The molecule has 3 nitrogen and oxygen atoms in total. The number of Topliss-reactive ketones (excluding diaryl/α,β-unsaturated/α-hetero) is 1. The summed E-state index contributed by atoms with van der Waals surface area (Å²) in [6.45, 7) is 6.14. The molecule has 2 aromatic rings. The third kappa shape index (κ3) is 4.00. The van der Waals surface area contributed by atoms with Gasteiger partial charge in [0.25, 0.3) is 6.04 Å². The van der Waals surface area contributed by atoms with Crippen molar-refractivity contribution in [2.75, 3.05) is 6.54 Å². The fourth-order valence-electron chi connectivity index (χ4n) is 2.02. The van der Waals surface area contributed by atoms with Gasteiger partial charge >= 0.3 is 0 Å². The highest BCUT2D eigenvalue weighted by molar-refractivity contribution is 7.80. The summed E-state index contributed by atoms with van der Waals surface area (Å²) in [5.41, 5.74) is 1.05. The van der Waals surface area contributed by atoms with E-state index in [1.165, 1.54) is 11.3 Å². The van der Waals surface area contributed by atoms with Crippen LogP contribution in [0.4, 0.5) is 0 Å². The van der Waals surface area contributed by atoms with Crippen LogP contribution >= 0.6 is 35.2 Å². The highest BCUT2D eigenvalue weighted by Crippen LogP contribution is 2.24. The van der Waals surface area contributed by atoms with E-state index in [4.69, 9.17) is 23.8 Å². The van der Waals surface area contributed by atoms with E-state index in [2.05, 4.69) is 11.9 Å². The Hall–Kier alpha value is -1.56. The van der Waals surface area contributed by atoms with Gasteiger partial charge in [0.05, 0.1) is 9.21 Å². The van der Waals surface area contributed by atoms with Crippen LogP contribution < -0.4 is 9.88 Å². The first-order valence-corrected chi connectivity index (χ1v) is 8.28. The van der Waals surface area contributed by atoms with Crippen LogP contribution in [-0.4, -0.2) is 17.3 Å². The molecule has 0 aliphatic rings. The van der Waals surface area contributed by atoms with Crippen LogP contribution in [0.5, 0.6) is 0 Å². The Morgan fingerprint density at radius 2 is 2.32 bits per heavy atom. The summed E-state index contributed by atoms with van der Waals surface area (Å²) in [6.07, 6.45) is 5.45. The molecule has 2 heterocycles. The molecular formula is C16H16ClN2OS2+. The van der Waals surface area contributed by atoms with Crippen LogP contribution in [0.1, 0.15) is 21.3 Å². The average Bonchev–Trinajstić information content (AvgIpc) is 2.92. The maximum absolute atomic E-state index is 12.9. The fourth-order valence-corrected chi connectivity index (χ4v) is 3.34. The molecule has 0 unspecified atom stereocenters. The lowest BCUT2D eigenvalue weighted by molar-refractivity contribution is -0.692. The number of carbonyl (C=O) groups is 1. The summed E-state index contributed by atoms with van der Waals surface area (Å²) in [7, 11) is 0. The SMILES string of the molecule is C=CCNC(=S)[C@@H](C(=O)c1ccc(Cl)s1)[n+]1cccc(C)c1. The summed E-state index contributed by atoms with van der Waals surface area (Å²) in [4.78, 5) is 13.9. The molecule has 22 heavy (non-hydrogen) atoms. The Morgan fingerprint density at radius 3 is 2.91 bits per heavy atom. The maximum Gasteiger partial charge on any atom is 0.271 e. The van der Waals surface area contributed by atoms with Gasteiger partial charge in [0.1, 0.15) is 0 Å². The molecule has 2 rings (SSSR count). The van der Waals surface area contributed by atoms with E-state index in [1.54, 1.807) is 18.2 Å². The van der Waals surface area contributed by atoms with Crippen molar-refractivity contribution in [3.8, 4) is 0 Å². The Kier molecular flexibility index (Phi) is 5.83. The van der Waals surface area contributed by atoms with E-state index in [1.807, 2.05) is 36.0 Å². The summed E-state index contributed by atoms with van der Waals surface area (Å²) in [6, 6.07) is 6.73. The monoisotopic (exact) mass is 351 g/mol. The zero-order valence-corrected chi connectivity index (χ0v) is 14.5. The molecule has 0 bridgehead atoms. The largest absolute Gasteiger partial charge is 0.370 e. The lowest BCUT2D eigenvalue weighted by Crippen LogP contribution is -2.51. The van der Waals surface area contributed by atoms with Crippen molar-refractivity contribution in [1.29, 1.82) is 0 Å². The van der Waals surface area contributed by atoms with Gasteiger partial charge in [-0.2, -0.15) is 4.57 Å². The van der Waals surface area contributed by atoms with Gasteiger partial charge in [-0.1, -0.05) is 29.9 Å². The molecule has 0 fully saturated rings. The van der Waals surface area contributed by atoms with E-state index in [0.717, 1.165) is 5.56 Å². The number of nitrogens with one attached hydrogen (secondary N) is 1. The number of rotatable bonds is 6. The molecule has 6 heteroatoms. The van der Waals surface area contributed by atoms with Gasteiger partial charge in [0.2, 0.25) is 5.78 Å². The zero-order valence-electron chi connectivity index (χ0n) is 12.1. The summed E-state index contributed by atoms with van der Waals surface area (Å²) >= 11 is 12.6. The second-order valence-corrected chi connectivity index (χ2v) is 6.89. The molecule has 0 aromatic carbocycles. The number of carbonyl (C=O) groups excluding carboxylic acids is 1. The highest BCUT2D eigenvalue weighted by atomic mass is 35.5. The molecule has 114 valence electrons. The van der Waals surface area contributed by atoms with Crippen molar-refractivity contribution in [3.05, 3.63) is 64.1 Å². The molecule has 0 radical (unpaired) electrons. The minimum absolute atomic E-state index is 0.0749. The Bertz CT molecular complexity index is 712. The predicted molar refractivity (Wildman–Crippen MR) is 94.9 cm³/mol. The van der Waals surface area contributed by atoms with Gasteiger partial charge in [-0.15, -0.1) is 17.9 Å². The van der Waals surface area contributed by atoms with Crippen molar-refractivity contribution in [3.63, 3.8) is 0 Å². The third-order valence-corrected chi connectivity index (χ3v) is 4.61. The second-order valence-electron chi connectivity index (χ2n) is 4.73. The number of hydrogen-bond acceptors (Lipinski definition) is 3. The van der Waals surface area contributed by atoms with Gasteiger partial charge in [-0.05, 0) is 25.1 Å². The molecule has 0 saturated carbocycles. The van der Waals surface area contributed by atoms with E-state index in [9.17, 15) is 4.79 Å². The van der Waals surface area contributed by atoms with Crippen molar-refractivity contribution in [2.45, 2.75) is 13.0 Å². The first kappa shape index (κ1) is 16.8. The second kappa shape index (κ2) is 7.63. The Labute approximate surface area is 144 Å². The van der Waals surface area contributed by atoms with E-state index in [0.29, 0.717) is 20.7 Å². The smallest absolute Gasteiger partial charge is 0.271 e. The van der Waals surface area contributed by atoms with Crippen LogP contribution in [0.3, 0.4) is 0 Å². The van der Waals surface area contributed by atoms with Gasteiger partial charge < -0.3 is 5.32 Å². The number of thiocarbonyl (C=S) groups is 1. The molecule has 0 aliphatic heterocycles. The van der Waals surface area contributed by atoms with E-state index < -0.39 is 6.04 Å². The molecule has 0 amide bonds. The molecule has 1 atom stereocenters. The summed E-state index contributed by atoms with van der Waals surface area (Å²) in [5, 5.41) is 3.05. The molecule has 0 spiro atoms. The average molecular weight is 352 g/mol. The summed E-state index contributed by atoms with van der Waals surface area (Å²) in [5.74, 6) is -0.0749. The number of hydrogen-bond donors (Lipinski definition) is 1. The van der Waals surface area contributed by atoms with Crippen molar-refractivity contribution in [1.82, 2.24) is 5.32 Å². The number of ketones is 1. The number of nitrogens with zero attached hydrogens (tertiary/aromatic N) is 1. The van der Waals surface area contributed by atoms with Crippen LogP contribution in [0.15, 0.2) is 49.3 Å². The zero-order chi connectivity index (χ0) is 16.1.